The van der Waals surface area contributed by atoms with Crippen LogP contribution in [0.2, 0.25) is 0 Å². The number of hydrogen-bond acceptors (Lipinski definition) is 5. The first-order valence-electron chi connectivity index (χ1n) is 7.24. The Balaban J connectivity index is 1.67. The van der Waals surface area contributed by atoms with Crippen molar-refractivity contribution in [3.8, 4) is 0 Å². The minimum Gasteiger partial charge on any atom is -0.391 e. The van der Waals surface area contributed by atoms with Crippen LogP contribution in [0, 0.1) is 0 Å². The summed E-state index contributed by atoms with van der Waals surface area (Å²) in [6, 6.07) is 4.07. The number of aliphatic hydroxyl groups is 1. The van der Waals surface area contributed by atoms with Gasteiger partial charge >= 0.3 is 0 Å². The highest BCUT2D eigenvalue weighted by Crippen LogP contribution is 2.37. The SMILES string of the molecule is CN(Cc1ccncc1)C1CC2(CCC1O)OCCO2. The molecule has 0 radical (unpaired) electrons. The van der Waals surface area contributed by atoms with E-state index in [1.807, 2.05) is 19.2 Å². The number of aliphatic hydroxyl groups excluding tert-OH is 1. The maximum Gasteiger partial charge on any atom is 0.170 e. The molecule has 1 spiro atoms. The molecule has 1 aromatic rings. The zero-order valence-electron chi connectivity index (χ0n) is 11.9. The summed E-state index contributed by atoms with van der Waals surface area (Å²) in [5.41, 5.74) is 1.20. The Morgan fingerprint density at radius 3 is 2.75 bits per heavy atom. The molecule has 1 N–H and O–H groups in total. The lowest BCUT2D eigenvalue weighted by molar-refractivity contribution is -0.204. The van der Waals surface area contributed by atoms with Gasteiger partial charge in [0.1, 0.15) is 0 Å². The highest BCUT2D eigenvalue weighted by Gasteiger charge is 2.45. The van der Waals surface area contributed by atoms with E-state index in [0.29, 0.717) is 13.2 Å². The molecule has 3 rings (SSSR count). The molecular formula is C15H22N2O3. The molecule has 1 aromatic heterocycles. The Kier molecular flexibility index (Phi) is 4.03. The van der Waals surface area contributed by atoms with Crippen molar-refractivity contribution in [2.45, 2.75) is 43.7 Å². The minimum atomic E-state index is -0.462. The lowest BCUT2D eigenvalue weighted by Crippen LogP contribution is -2.52. The quantitative estimate of drug-likeness (QED) is 0.899. The van der Waals surface area contributed by atoms with Gasteiger partial charge in [-0.15, -0.1) is 0 Å². The molecule has 0 amide bonds. The molecule has 20 heavy (non-hydrogen) atoms. The van der Waals surface area contributed by atoms with Gasteiger partial charge in [0.05, 0.1) is 19.3 Å². The number of nitrogens with zero attached hydrogens (tertiary/aromatic N) is 2. The average molecular weight is 278 g/mol. The van der Waals surface area contributed by atoms with Crippen LogP contribution >= 0.6 is 0 Å². The van der Waals surface area contributed by atoms with Crippen molar-refractivity contribution < 1.29 is 14.6 Å². The first-order chi connectivity index (χ1) is 9.69. The molecule has 1 saturated heterocycles. The van der Waals surface area contributed by atoms with E-state index in [1.165, 1.54) is 5.56 Å². The van der Waals surface area contributed by atoms with Crippen molar-refractivity contribution in [1.82, 2.24) is 9.88 Å². The van der Waals surface area contributed by atoms with Crippen LogP contribution < -0.4 is 0 Å². The Labute approximate surface area is 119 Å². The largest absolute Gasteiger partial charge is 0.391 e. The maximum atomic E-state index is 10.3. The van der Waals surface area contributed by atoms with Crippen molar-refractivity contribution in [2.75, 3.05) is 20.3 Å². The fourth-order valence-electron chi connectivity index (χ4n) is 3.22. The van der Waals surface area contributed by atoms with E-state index < -0.39 is 5.79 Å². The van der Waals surface area contributed by atoms with Gasteiger partial charge in [-0.3, -0.25) is 9.88 Å². The summed E-state index contributed by atoms with van der Waals surface area (Å²) in [6.45, 7) is 2.12. The molecule has 1 saturated carbocycles. The Morgan fingerprint density at radius 1 is 1.35 bits per heavy atom. The van der Waals surface area contributed by atoms with Crippen molar-refractivity contribution >= 4 is 0 Å². The molecule has 2 atom stereocenters. The number of ether oxygens (including phenoxy) is 2. The van der Waals surface area contributed by atoms with Crippen LogP contribution in [0.4, 0.5) is 0 Å². The van der Waals surface area contributed by atoms with Gasteiger partial charge in [0, 0.05) is 37.8 Å². The highest BCUT2D eigenvalue weighted by molar-refractivity contribution is 5.10. The molecule has 0 bridgehead atoms. The van der Waals surface area contributed by atoms with Crippen LogP contribution in [-0.4, -0.2) is 53.2 Å². The summed E-state index contributed by atoms with van der Waals surface area (Å²) >= 11 is 0. The number of rotatable bonds is 3. The topological polar surface area (TPSA) is 54.8 Å². The van der Waals surface area contributed by atoms with Crippen LogP contribution in [0.25, 0.3) is 0 Å². The predicted octanol–water partition coefficient (Wildman–Crippen LogP) is 1.17. The summed E-state index contributed by atoms with van der Waals surface area (Å²) < 4.78 is 11.6. The number of pyridine rings is 1. The van der Waals surface area contributed by atoms with Crippen molar-refractivity contribution in [3.63, 3.8) is 0 Å². The zero-order chi connectivity index (χ0) is 14.0. The van der Waals surface area contributed by atoms with Gasteiger partial charge in [-0.05, 0) is 31.2 Å². The fourth-order valence-corrected chi connectivity index (χ4v) is 3.22. The van der Waals surface area contributed by atoms with Crippen LogP contribution in [0.1, 0.15) is 24.8 Å². The third-order valence-corrected chi connectivity index (χ3v) is 4.35. The van der Waals surface area contributed by atoms with Crippen molar-refractivity contribution in [2.24, 2.45) is 0 Å². The van der Waals surface area contributed by atoms with Crippen LogP contribution in [0.5, 0.6) is 0 Å². The second kappa shape index (κ2) is 5.77. The molecule has 2 heterocycles. The van der Waals surface area contributed by atoms with E-state index in [2.05, 4.69) is 9.88 Å². The number of aromatic nitrogens is 1. The standard InChI is InChI=1S/C15H22N2O3/c1-17(11-12-3-6-16-7-4-12)13-10-15(5-2-14(13)18)19-8-9-20-15/h3-4,6-7,13-14,18H,2,5,8-11H2,1H3. The molecule has 1 aliphatic carbocycles. The second-order valence-electron chi connectivity index (χ2n) is 5.76. The van der Waals surface area contributed by atoms with Gasteiger partial charge in [0.15, 0.2) is 5.79 Å². The third-order valence-electron chi connectivity index (χ3n) is 4.35. The van der Waals surface area contributed by atoms with Crippen LogP contribution in [0.3, 0.4) is 0 Å². The molecular weight excluding hydrogens is 256 g/mol. The highest BCUT2D eigenvalue weighted by atomic mass is 16.7. The first kappa shape index (κ1) is 13.9. The van der Waals surface area contributed by atoms with Crippen LogP contribution in [0.15, 0.2) is 24.5 Å². The smallest absolute Gasteiger partial charge is 0.170 e. The van der Waals surface area contributed by atoms with Crippen molar-refractivity contribution in [1.29, 1.82) is 0 Å². The molecule has 110 valence electrons. The van der Waals surface area contributed by atoms with Gasteiger partial charge < -0.3 is 14.6 Å². The Hall–Kier alpha value is -1.01. The molecule has 0 aromatic carbocycles. The van der Waals surface area contributed by atoms with E-state index in [9.17, 15) is 5.11 Å². The second-order valence-corrected chi connectivity index (χ2v) is 5.76. The summed E-state index contributed by atoms with van der Waals surface area (Å²) in [7, 11) is 2.04. The molecule has 2 aliphatic rings. The number of hydrogen-bond donors (Lipinski definition) is 1. The van der Waals surface area contributed by atoms with Gasteiger partial charge in [0.2, 0.25) is 0 Å². The first-order valence-corrected chi connectivity index (χ1v) is 7.24. The molecule has 1 aliphatic heterocycles. The lowest BCUT2D eigenvalue weighted by atomic mass is 9.86. The molecule has 2 fully saturated rings. The van der Waals surface area contributed by atoms with E-state index in [0.717, 1.165) is 25.8 Å². The van der Waals surface area contributed by atoms with E-state index in [-0.39, 0.29) is 12.1 Å². The lowest BCUT2D eigenvalue weighted by Gasteiger charge is -2.42. The average Bonchev–Trinajstić information content (AvgIpc) is 2.91. The van der Waals surface area contributed by atoms with Crippen molar-refractivity contribution in [3.05, 3.63) is 30.1 Å². The van der Waals surface area contributed by atoms with Gasteiger partial charge in [-0.2, -0.15) is 0 Å². The summed E-state index contributed by atoms with van der Waals surface area (Å²) in [5.74, 6) is -0.462. The summed E-state index contributed by atoms with van der Waals surface area (Å²) in [6.07, 6.45) is 5.52. The summed E-state index contributed by atoms with van der Waals surface area (Å²) in [4.78, 5) is 6.22. The molecule has 5 heteroatoms. The van der Waals surface area contributed by atoms with Gasteiger partial charge in [0.25, 0.3) is 0 Å². The molecule has 5 nitrogen and oxygen atoms in total. The van der Waals surface area contributed by atoms with Crippen LogP contribution in [-0.2, 0) is 16.0 Å². The third kappa shape index (κ3) is 2.86. The monoisotopic (exact) mass is 278 g/mol. The van der Waals surface area contributed by atoms with Gasteiger partial charge in [-0.25, -0.2) is 0 Å². The zero-order valence-corrected chi connectivity index (χ0v) is 11.9. The van der Waals surface area contributed by atoms with Gasteiger partial charge in [-0.1, -0.05) is 0 Å². The Bertz CT molecular complexity index is 434. The molecule has 2 unspecified atom stereocenters. The van der Waals surface area contributed by atoms with E-state index >= 15 is 0 Å². The maximum absolute atomic E-state index is 10.3. The fraction of sp³-hybridized carbons (Fsp3) is 0.667. The van der Waals surface area contributed by atoms with E-state index in [4.69, 9.17) is 9.47 Å². The summed E-state index contributed by atoms with van der Waals surface area (Å²) in [5, 5.41) is 10.3. The minimum absolute atomic E-state index is 0.0648. The number of likely N-dealkylation sites (N-methyl/N-ethyl adjacent to an activating group) is 1. The van der Waals surface area contributed by atoms with E-state index in [1.54, 1.807) is 12.4 Å². The normalized spacial score (nSPS) is 29.1. The predicted molar refractivity (Wildman–Crippen MR) is 74.0 cm³/mol. The Morgan fingerprint density at radius 2 is 2.05 bits per heavy atom.